The van der Waals surface area contributed by atoms with Crippen molar-refractivity contribution >= 4 is 17.7 Å². The number of carboxylic acids is 1. The van der Waals surface area contributed by atoms with Crippen LogP contribution in [0, 0.1) is 0 Å². The van der Waals surface area contributed by atoms with Crippen LogP contribution in [0.5, 0.6) is 11.5 Å². The average Bonchev–Trinajstić information content (AvgIpc) is 2.46. The average molecular weight is 299 g/mol. The first-order valence-electron chi connectivity index (χ1n) is 6.28. The molecule has 0 heterocycles. The smallest absolute Gasteiger partial charge is 0.320 e. The van der Waals surface area contributed by atoms with Gasteiger partial charge in [-0.05, 0) is 36.1 Å². The summed E-state index contributed by atoms with van der Waals surface area (Å²) >= 11 is 1.64. The van der Waals surface area contributed by atoms with E-state index in [0.29, 0.717) is 24.5 Å². The number of benzene rings is 1. The molecule has 0 amide bonds. The van der Waals surface area contributed by atoms with Crippen LogP contribution in [0.25, 0.3) is 0 Å². The summed E-state index contributed by atoms with van der Waals surface area (Å²) in [5.41, 5.74) is 0.957. The van der Waals surface area contributed by atoms with Crippen LogP contribution in [0.1, 0.15) is 12.0 Å². The van der Waals surface area contributed by atoms with Gasteiger partial charge in [0.25, 0.3) is 0 Å². The Kier molecular flexibility index (Phi) is 7.25. The Balaban J connectivity index is 2.65. The van der Waals surface area contributed by atoms with Crippen molar-refractivity contribution < 1.29 is 19.4 Å². The Bertz CT molecular complexity index is 439. The number of carbonyl (C=O) groups is 1. The molecule has 20 heavy (non-hydrogen) atoms. The van der Waals surface area contributed by atoms with Gasteiger partial charge in [-0.25, -0.2) is 0 Å². The van der Waals surface area contributed by atoms with Crippen molar-refractivity contribution in [3.05, 3.63) is 23.8 Å². The van der Waals surface area contributed by atoms with Gasteiger partial charge in [0.1, 0.15) is 6.04 Å². The fourth-order valence-corrected chi connectivity index (χ4v) is 2.25. The molecule has 1 rings (SSSR count). The highest BCUT2D eigenvalue weighted by Gasteiger charge is 2.16. The summed E-state index contributed by atoms with van der Waals surface area (Å²) in [6, 6.07) is 5.02. The lowest BCUT2D eigenvalue weighted by Crippen LogP contribution is -2.36. The van der Waals surface area contributed by atoms with Crippen molar-refractivity contribution in [3.8, 4) is 11.5 Å². The molecule has 0 bridgehead atoms. The Labute approximate surface area is 123 Å². The highest BCUT2D eigenvalue weighted by Crippen LogP contribution is 2.27. The van der Waals surface area contributed by atoms with Gasteiger partial charge in [0.2, 0.25) is 0 Å². The van der Waals surface area contributed by atoms with Crippen molar-refractivity contribution in [1.29, 1.82) is 0 Å². The van der Waals surface area contributed by atoms with Crippen LogP contribution in [-0.4, -0.2) is 43.3 Å². The highest BCUT2D eigenvalue weighted by molar-refractivity contribution is 7.98. The minimum atomic E-state index is -0.820. The largest absolute Gasteiger partial charge is 0.493 e. The lowest BCUT2D eigenvalue weighted by molar-refractivity contribution is -0.139. The molecule has 0 aliphatic heterocycles. The molecule has 1 aromatic carbocycles. The lowest BCUT2D eigenvalue weighted by Gasteiger charge is -2.15. The Morgan fingerprint density at radius 3 is 2.60 bits per heavy atom. The molecule has 0 aliphatic rings. The Morgan fingerprint density at radius 2 is 2.05 bits per heavy atom. The number of carboxylic acid groups (broad SMARTS) is 1. The summed E-state index contributed by atoms with van der Waals surface area (Å²) in [6.45, 7) is 0.478. The molecule has 0 unspecified atom stereocenters. The lowest BCUT2D eigenvalue weighted by atomic mass is 10.1. The van der Waals surface area contributed by atoms with Gasteiger partial charge < -0.3 is 19.9 Å². The van der Waals surface area contributed by atoms with E-state index < -0.39 is 12.0 Å². The summed E-state index contributed by atoms with van der Waals surface area (Å²) in [5, 5.41) is 12.2. The number of aliphatic carboxylic acids is 1. The normalized spacial score (nSPS) is 11.9. The van der Waals surface area contributed by atoms with Gasteiger partial charge in [-0.15, -0.1) is 0 Å². The SMILES string of the molecule is COc1ccc(CN[C@@H](CCSC)C(=O)O)cc1OC. The number of hydrogen-bond donors (Lipinski definition) is 2. The Hall–Kier alpha value is -1.40. The molecule has 0 saturated carbocycles. The summed E-state index contributed by atoms with van der Waals surface area (Å²) < 4.78 is 10.4. The van der Waals surface area contributed by atoms with Gasteiger partial charge in [0.05, 0.1) is 14.2 Å². The molecule has 0 radical (unpaired) electrons. The second kappa shape index (κ2) is 8.71. The van der Waals surface area contributed by atoms with E-state index in [4.69, 9.17) is 14.6 Å². The van der Waals surface area contributed by atoms with E-state index in [0.717, 1.165) is 11.3 Å². The third kappa shape index (κ3) is 4.94. The maximum absolute atomic E-state index is 11.1. The molecule has 6 heteroatoms. The first kappa shape index (κ1) is 16.7. The third-order valence-electron chi connectivity index (χ3n) is 2.91. The maximum atomic E-state index is 11.1. The van der Waals surface area contributed by atoms with Gasteiger partial charge >= 0.3 is 5.97 Å². The summed E-state index contributed by atoms with van der Waals surface area (Å²) in [4.78, 5) is 11.1. The molecule has 1 atom stereocenters. The van der Waals surface area contributed by atoms with Crippen molar-refractivity contribution in [3.63, 3.8) is 0 Å². The van der Waals surface area contributed by atoms with E-state index in [-0.39, 0.29) is 0 Å². The molecule has 0 saturated heterocycles. The third-order valence-corrected chi connectivity index (χ3v) is 3.55. The van der Waals surface area contributed by atoms with Crippen LogP contribution in [-0.2, 0) is 11.3 Å². The van der Waals surface area contributed by atoms with Crippen molar-refractivity contribution in [2.45, 2.75) is 19.0 Å². The second-order valence-electron chi connectivity index (χ2n) is 4.24. The van der Waals surface area contributed by atoms with E-state index in [1.54, 1.807) is 26.0 Å². The maximum Gasteiger partial charge on any atom is 0.320 e. The summed E-state index contributed by atoms with van der Waals surface area (Å²) in [5.74, 6) is 1.30. The molecule has 0 fully saturated rings. The van der Waals surface area contributed by atoms with Crippen LogP contribution in [0.3, 0.4) is 0 Å². The van der Waals surface area contributed by atoms with Crippen molar-refractivity contribution in [1.82, 2.24) is 5.32 Å². The van der Waals surface area contributed by atoms with Crippen molar-refractivity contribution in [2.24, 2.45) is 0 Å². The predicted octanol–water partition coefficient (Wildman–Crippen LogP) is 2.00. The van der Waals surface area contributed by atoms with Gasteiger partial charge in [-0.3, -0.25) is 4.79 Å². The molecular weight excluding hydrogens is 278 g/mol. The zero-order valence-corrected chi connectivity index (χ0v) is 12.8. The molecule has 5 nitrogen and oxygen atoms in total. The molecule has 2 N–H and O–H groups in total. The fraction of sp³-hybridized carbons (Fsp3) is 0.500. The van der Waals surface area contributed by atoms with E-state index in [1.165, 1.54) is 0 Å². The minimum Gasteiger partial charge on any atom is -0.493 e. The Morgan fingerprint density at radius 1 is 1.35 bits per heavy atom. The van der Waals surface area contributed by atoms with Crippen molar-refractivity contribution in [2.75, 3.05) is 26.2 Å². The quantitative estimate of drug-likeness (QED) is 0.727. The van der Waals surface area contributed by atoms with E-state index in [2.05, 4.69) is 5.32 Å². The highest BCUT2D eigenvalue weighted by atomic mass is 32.2. The molecule has 0 spiro atoms. The van der Waals surface area contributed by atoms with Gasteiger partial charge in [0, 0.05) is 6.54 Å². The minimum absolute atomic E-state index is 0.478. The van der Waals surface area contributed by atoms with Crippen LogP contribution in [0.2, 0.25) is 0 Å². The molecule has 0 aliphatic carbocycles. The first-order chi connectivity index (χ1) is 9.62. The van der Waals surface area contributed by atoms with E-state index in [1.807, 2.05) is 24.5 Å². The number of ether oxygens (including phenoxy) is 2. The first-order valence-corrected chi connectivity index (χ1v) is 7.67. The standard InChI is InChI=1S/C14H21NO4S/c1-18-12-5-4-10(8-13(12)19-2)9-15-11(14(16)17)6-7-20-3/h4-5,8,11,15H,6-7,9H2,1-3H3,(H,16,17)/t11-/m0/s1. The van der Waals surface area contributed by atoms with Crippen LogP contribution in [0.4, 0.5) is 0 Å². The summed E-state index contributed by atoms with van der Waals surface area (Å²) in [6.07, 6.45) is 2.57. The van der Waals surface area contributed by atoms with E-state index in [9.17, 15) is 4.79 Å². The van der Waals surface area contributed by atoms with Gasteiger partial charge in [-0.2, -0.15) is 11.8 Å². The number of nitrogens with one attached hydrogen (secondary N) is 1. The number of hydrogen-bond acceptors (Lipinski definition) is 5. The number of thioether (sulfide) groups is 1. The molecule has 112 valence electrons. The second-order valence-corrected chi connectivity index (χ2v) is 5.23. The molecular formula is C14H21NO4S. The number of rotatable bonds is 9. The topological polar surface area (TPSA) is 67.8 Å². The molecule has 0 aromatic heterocycles. The fourth-order valence-electron chi connectivity index (χ4n) is 1.78. The monoisotopic (exact) mass is 299 g/mol. The predicted molar refractivity (Wildman–Crippen MR) is 80.8 cm³/mol. The number of methoxy groups -OCH3 is 2. The van der Waals surface area contributed by atoms with Crippen LogP contribution in [0.15, 0.2) is 18.2 Å². The van der Waals surface area contributed by atoms with Gasteiger partial charge in [0.15, 0.2) is 11.5 Å². The van der Waals surface area contributed by atoms with E-state index >= 15 is 0 Å². The molecule has 1 aromatic rings. The zero-order valence-electron chi connectivity index (χ0n) is 12.0. The van der Waals surface area contributed by atoms with Crippen LogP contribution >= 0.6 is 11.8 Å². The zero-order chi connectivity index (χ0) is 15.0. The van der Waals surface area contributed by atoms with Crippen LogP contribution < -0.4 is 14.8 Å². The summed E-state index contributed by atoms with van der Waals surface area (Å²) in [7, 11) is 3.16. The van der Waals surface area contributed by atoms with Gasteiger partial charge in [-0.1, -0.05) is 6.07 Å².